The van der Waals surface area contributed by atoms with E-state index in [1.807, 2.05) is 6.07 Å². The molecule has 8 heteroatoms. The van der Waals surface area contributed by atoms with Gasteiger partial charge in [0.2, 0.25) is 5.91 Å². The van der Waals surface area contributed by atoms with Gasteiger partial charge in [0.15, 0.2) is 0 Å². The van der Waals surface area contributed by atoms with E-state index in [0.717, 1.165) is 12.3 Å². The van der Waals surface area contributed by atoms with Crippen LogP contribution in [-0.4, -0.2) is 40.3 Å². The van der Waals surface area contributed by atoms with Crippen molar-refractivity contribution in [1.82, 2.24) is 9.88 Å². The third-order valence-electron chi connectivity index (χ3n) is 2.94. The van der Waals surface area contributed by atoms with Crippen molar-refractivity contribution in [2.75, 3.05) is 18.9 Å². The predicted octanol–water partition coefficient (Wildman–Crippen LogP) is 0.504. The number of nitro groups is 1. The number of carbonyl (C=O) groups excluding carboxylic acids is 1. The molecule has 1 saturated heterocycles. The minimum absolute atomic E-state index is 0.0524. The Morgan fingerprint density at radius 2 is 2.42 bits per heavy atom. The summed E-state index contributed by atoms with van der Waals surface area (Å²) >= 11 is 0. The molecular weight excluding hydrogens is 250 g/mol. The second-order valence-corrected chi connectivity index (χ2v) is 4.20. The standard InChI is InChI=1S/C11H11N5O3/c1-15-3-2-9(11(15)17)14-10-7(5-12)4-8(6-13-10)16(18)19/h4,6,9H,2-3H2,1H3,(H,13,14). The van der Waals surface area contributed by atoms with Gasteiger partial charge in [-0.15, -0.1) is 0 Å². The number of amides is 1. The molecule has 0 aromatic carbocycles. The van der Waals surface area contributed by atoms with Crippen molar-refractivity contribution in [2.24, 2.45) is 0 Å². The quantitative estimate of drug-likeness (QED) is 0.626. The van der Waals surface area contributed by atoms with E-state index in [9.17, 15) is 14.9 Å². The first-order valence-corrected chi connectivity index (χ1v) is 5.59. The van der Waals surface area contributed by atoms with E-state index in [1.54, 1.807) is 11.9 Å². The van der Waals surface area contributed by atoms with E-state index < -0.39 is 11.0 Å². The number of likely N-dealkylation sites (tertiary alicyclic amines) is 1. The van der Waals surface area contributed by atoms with E-state index in [-0.39, 0.29) is 23.0 Å². The molecule has 1 aliphatic heterocycles. The maximum Gasteiger partial charge on any atom is 0.289 e. The van der Waals surface area contributed by atoms with E-state index in [2.05, 4.69) is 10.3 Å². The smallest absolute Gasteiger partial charge is 0.289 e. The fraction of sp³-hybridized carbons (Fsp3) is 0.364. The fourth-order valence-electron chi connectivity index (χ4n) is 1.88. The summed E-state index contributed by atoms with van der Waals surface area (Å²) in [5, 5.41) is 22.4. The summed E-state index contributed by atoms with van der Waals surface area (Å²) in [6.07, 6.45) is 1.67. The van der Waals surface area contributed by atoms with Crippen molar-refractivity contribution in [1.29, 1.82) is 5.26 Å². The Morgan fingerprint density at radius 3 is 2.95 bits per heavy atom. The van der Waals surface area contributed by atoms with E-state index in [4.69, 9.17) is 5.26 Å². The molecule has 1 aromatic heterocycles. The highest BCUT2D eigenvalue weighted by molar-refractivity contribution is 5.86. The molecule has 1 unspecified atom stereocenters. The number of anilines is 1. The number of pyridine rings is 1. The lowest BCUT2D eigenvalue weighted by molar-refractivity contribution is -0.385. The van der Waals surface area contributed by atoms with E-state index >= 15 is 0 Å². The summed E-state index contributed by atoms with van der Waals surface area (Å²) in [5.74, 6) is 0.116. The highest BCUT2D eigenvalue weighted by atomic mass is 16.6. The van der Waals surface area contributed by atoms with Crippen LogP contribution in [0.25, 0.3) is 0 Å². The largest absolute Gasteiger partial charge is 0.357 e. The highest BCUT2D eigenvalue weighted by Gasteiger charge is 2.29. The normalized spacial score (nSPS) is 18.2. The minimum atomic E-state index is -0.619. The first kappa shape index (κ1) is 12.8. The SMILES string of the molecule is CN1CCC(Nc2ncc([N+](=O)[O-])cc2C#N)C1=O. The van der Waals surface area contributed by atoms with Crippen molar-refractivity contribution >= 4 is 17.4 Å². The van der Waals surface area contributed by atoms with Crippen LogP contribution in [0.15, 0.2) is 12.3 Å². The maximum absolute atomic E-state index is 11.7. The predicted molar refractivity (Wildman–Crippen MR) is 65.3 cm³/mol. The van der Waals surface area contributed by atoms with Crippen LogP contribution < -0.4 is 5.32 Å². The molecule has 2 heterocycles. The fourth-order valence-corrected chi connectivity index (χ4v) is 1.88. The summed E-state index contributed by atoms with van der Waals surface area (Å²) in [4.78, 5) is 27.1. The van der Waals surface area contributed by atoms with Crippen LogP contribution in [0.3, 0.4) is 0 Å². The zero-order valence-electron chi connectivity index (χ0n) is 10.2. The van der Waals surface area contributed by atoms with Gasteiger partial charge in [-0.2, -0.15) is 5.26 Å². The molecule has 1 aliphatic rings. The molecule has 0 aliphatic carbocycles. The molecule has 19 heavy (non-hydrogen) atoms. The average molecular weight is 261 g/mol. The number of hydrogen-bond acceptors (Lipinski definition) is 6. The van der Waals surface area contributed by atoms with Crippen molar-refractivity contribution < 1.29 is 9.72 Å². The third kappa shape index (κ3) is 2.44. The van der Waals surface area contributed by atoms with Crippen molar-refractivity contribution in [3.05, 3.63) is 27.9 Å². The molecule has 98 valence electrons. The number of hydrogen-bond donors (Lipinski definition) is 1. The molecule has 1 N–H and O–H groups in total. The Hall–Kier alpha value is -2.69. The van der Waals surface area contributed by atoms with Crippen LogP contribution in [0.2, 0.25) is 0 Å². The molecular formula is C11H11N5O3. The molecule has 1 amide bonds. The van der Waals surface area contributed by atoms with Gasteiger partial charge in [-0.25, -0.2) is 4.98 Å². The lowest BCUT2D eigenvalue weighted by Crippen LogP contribution is -2.31. The molecule has 1 fully saturated rings. The van der Waals surface area contributed by atoms with E-state index in [1.165, 1.54) is 0 Å². The number of nitriles is 1. The van der Waals surface area contributed by atoms with E-state index in [0.29, 0.717) is 13.0 Å². The molecule has 0 bridgehead atoms. The lowest BCUT2D eigenvalue weighted by Gasteiger charge is -2.13. The molecule has 1 atom stereocenters. The number of carbonyl (C=O) groups is 1. The van der Waals surface area contributed by atoms with Gasteiger partial charge in [-0.05, 0) is 6.42 Å². The van der Waals surface area contributed by atoms with Crippen LogP contribution in [0.5, 0.6) is 0 Å². The average Bonchev–Trinajstić information content (AvgIpc) is 2.71. The van der Waals surface area contributed by atoms with Gasteiger partial charge in [-0.3, -0.25) is 14.9 Å². The van der Waals surface area contributed by atoms with Crippen molar-refractivity contribution in [2.45, 2.75) is 12.5 Å². The second kappa shape index (κ2) is 4.89. The van der Waals surface area contributed by atoms with Gasteiger partial charge < -0.3 is 10.2 Å². The Morgan fingerprint density at radius 1 is 1.68 bits per heavy atom. The summed E-state index contributed by atoms with van der Waals surface area (Å²) in [6.45, 7) is 0.630. The summed E-state index contributed by atoms with van der Waals surface area (Å²) in [6, 6.07) is 2.54. The van der Waals surface area contributed by atoms with Gasteiger partial charge in [0, 0.05) is 19.7 Å². The van der Waals surface area contributed by atoms with Crippen LogP contribution in [0.1, 0.15) is 12.0 Å². The van der Waals surface area contributed by atoms with Crippen LogP contribution in [0.4, 0.5) is 11.5 Å². The number of likely N-dealkylation sites (N-methyl/N-ethyl adjacent to an activating group) is 1. The monoisotopic (exact) mass is 261 g/mol. The van der Waals surface area contributed by atoms with Gasteiger partial charge in [-0.1, -0.05) is 0 Å². The van der Waals surface area contributed by atoms with Crippen molar-refractivity contribution in [3.8, 4) is 6.07 Å². The number of aromatic nitrogens is 1. The van der Waals surface area contributed by atoms with Crippen LogP contribution in [0, 0.1) is 21.4 Å². The molecule has 2 rings (SSSR count). The van der Waals surface area contributed by atoms with Crippen LogP contribution >= 0.6 is 0 Å². The van der Waals surface area contributed by atoms with Crippen LogP contribution in [-0.2, 0) is 4.79 Å². The van der Waals surface area contributed by atoms with Gasteiger partial charge >= 0.3 is 0 Å². The maximum atomic E-state index is 11.7. The lowest BCUT2D eigenvalue weighted by atomic mass is 10.2. The number of nitrogens with one attached hydrogen (secondary N) is 1. The summed E-state index contributed by atoms with van der Waals surface area (Å²) in [5.41, 5.74) is -0.200. The Labute approximate surface area is 108 Å². The topological polar surface area (TPSA) is 112 Å². The first-order valence-electron chi connectivity index (χ1n) is 5.59. The van der Waals surface area contributed by atoms with Crippen molar-refractivity contribution in [3.63, 3.8) is 0 Å². The summed E-state index contributed by atoms with van der Waals surface area (Å²) < 4.78 is 0. The number of nitrogens with zero attached hydrogens (tertiary/aromatic N) is 4. The highest BCUT2D eigenvalue weighted by Crippen LogP contribution is 2.21. The Bertz CT molecular complexity index is 580. The Kier molecular flexibility index (Phi) is 3.29. The zero-order chi connectivity index (χ0) is 14.0. The molecule has 0 saturated carbocycles. The molecule has 0 radical (unpaired) electrons. The third-order valence-corrected chi connectivity index (χ3v) is 2.94. The first-order chi connectivity index (χ1) is 9.02. The number of rotatable bonds is 3. The van der Waals surface area contributed by atoms with Gasteiger partial charge in [0.1, 0.15) is 29.7 Å². The molecule has 1 aromatic rings. The van der Waals surface area contributed by atoms with Gasteiger partial charge in [0.25, 0.3) is 5.69 Å². The molecule has 8 nitrogen and oxygen atoms in total. The molecule has 0 spiro atoms. The Balaban J connectivity index is 2.24. The second-order valence-electron chi connectivity index (χ2n) is 4.20. The summed E-state index contributed by atoms with van der Waals surface area (Å²) in [7, 11) is 1.69. The van der Waals surface area contributed by atoms with Gasteiger partial charge in [0.05, 0.1) is 4.92 Å². The minimum Gasteiger partial charge on any atom is -0.357 e. The zero-order valence-corrected chi connectivity index (χ0v) is 10.2.